The van der Waals surface area contributed by atoms with Crippen molar-refractivity contribution in [1.29, 1.82) is 0 Å². The van der Waals surface area contributed by atoms with E-state index in [1.165, 1.54) is 18.6 Å². The molecule has 168 valence electrons. The maximum Gasteiger partial charge on any atom is 0.164 e. The molecule has 4 rings (SSSR count). The SMILES string of the molecule is CC.CC.Oc1cc(N(Cc2ccccc2)c2cc(N3CCC3)n(PI)n2)ccc1F. The standard InChI is InChI=1S/C19H19FIN4OP.2C2H6/c20-16-8-7-15(11-17(16)26)24(13-14-5-2-1-3-6-14)18-12-19(23-9-4-10-23)25(22-18)27-21;2*1-2/h1-3,5-8,11-12,26-27H,4,9-10,13H2;2*1-2H3. The average Bonchev–Trinajstić information content (AvgIpc) is 3.20. The van der Waals surface area contributed by atoms with Crippen LogP contribution in [-0.2, 0) is 6.54 Å². The van der Waals surface area contributed by atoms with Gasteiger partial charge < -0.3 is 14.9 Å². The van der Waals surface area contributed by atoms with E-state index in [9.17, 15) is 9.50 Å². The topological polar surface area (TPSA) is 44.5 Å². The minimum absolute atomic E-state index is 0.358. The lowest BCUT2D eigenvalue weighted by Crippen LogP contribution is -2.37. The van der Waals surface area contributed by atoms with E-state index in [0.717, 1.165) is 30.3 Å². The fraction of sp³-hybridized carbons (Fsp3) is 0.348. The summed E-state index contributed by atoms with van der Waals surface area (Å²) in [5, 5.41) is 14.7. The zero-order chi connectivity index (χ0) is 22.8. The molecular weight excluding hydrogens is 525 g/mol. The summed E-state index contributed by atoms with van der Waals surface area (Å²) >= 11 is 2.33. The van der Waals surface area contributed by atoms with Crippen LogP contribution in [0.25, 0.3) is 0 Å². The molecule has 31 heavy (non-hydrogen) atoms. The lowest BCUT2D eigenvalue weighted by molar-refractivity contribution is 0.432. The van der Waals surface area contributed by atoms with E-state index in [1.54, 1.807) is 6.07 Å². The Morgan fingerprint density at radius 3 is 2.29 bits per heavy atom. The highest BCUT2D eigenvalue weighted by atomic mass is 127. The molecule has 1 N–H and O–H groups in total. The zero-order valence-electron chi connectivity index (χ0n) is 18.5. The summed E-state index contributed by atoms with van der Waals surface area (Å²) in [7, 11) is 0. The van der Waals surface area contributed by atoms with Gasteiger partial charge in [0, 0.05) is 37.5 Å². The highest BCUT2D eigenvalue weighted by Crippen LogP contribution is 2.38. The molecule has 1 saturated heterocycles. The molecule has 1 fully saturated rings. The van der Waals surface area contributed by atoms with Crippen LogP contribution < -0.4 is 9.80 Å². The van der Waals surface area contributed by atoms with Crippen molar-refractivity contribution in [3.63, 3.8) is 0 Å². The van der Waals surface area contributed by atoms with Crippen LogP contribution >= 0.6 is 28.4 Å². The van der Waals surface area contributed by atoms with Gasteiger partial charge in [-0.3, -0.25) is 0 Å². The molecular formula is C23H31FIN4OP. The summed E-state index contributed by atoms with van der Waals surface area (Å²) in [5.41, 5.74) is 1.81. The van der Waals surface area contributed by atoms with Crippen LogP contribution in [0.5, 0.6) is 5.75 Å². The van der Waals surface area contributed by atoms with Crippen molar-refractivity contribution in [1.82, 2.24) is 9.55 Å². The number of aromatic hydroxyl groups is 1. The van der Waals surface area contributed by atoms with Crippen LogP contribution in [0.2, 0.25) is 0 Å². The first-order valence-corrected chi connectivity index (χ1v) is 14.7. The van der Waals surface area contributed by atoms with Crippen molar-refractivity contribution in [2.45, 2.75) is 40.7 Å². The monoisotopic (exact) mass is 556 g/mol. The molecule has 2 aromatic carbocycles. The maximum absolute atomic E-state index is 13.6. The number of phenolic OH excluding ortho intramolecular Hbond substituents is 1. The molecule has 3 aromatic rings. The lowest BCUT2D eigenvalue weighted by atomic mass is 10.2. The predicted octanol–water partition coefficient (Wildman–Crippen LogP) is 7.12. The van der Waals surface area contributed by atoms with Gasteiger partial charge in [0.1, 0.15) is 5.82 Å². The molecule has 0 amide bonds. The number of hydrogen-bond acceptors (Lipinski definition) is 4. The van der Waals surface area contributed by atoms with Crippen LogP contribution in [-0.4, -0.2) is 27.7 Å². The smallest absolute Gasteiger partial charge is 0.164 e. The summed E-state index contributed by atoms with van der Waals surface area (Å²) in [6.45, 7) is 10.7. The van der Waals surface area contributed by atoms with Gasteiger partial charge in [0.05, 0.1) is 6.37 Å². The fourth-order valence-corrected chi connectivity index (χ4v) is 4.56. The van der Waals surface area contributed by atoms with Crippen molar-refractivity contribution in [2.24, 2.45) is 0 Å². The lowest BCUT2D eigenvalue weighted by Gasteiger charge is -2.32. The summed E-state index contributed by atoms with van der Waals surface area (Å²) in [6, 6.07) is 16.5. The second-order valence-corrected chi connectivity index (χ2v) is 8.45. The Morgan fingerprint density at radius 1 is 1.06 bits per heavy atom. The third kappa shape index (κ3) is 6.32. The van der Waals surface area contributed by atoms with Gasteiger partial charge in [0.2, 0.25) is 0 Å². The predicted molar refractivity (Wildman–Crippen MR) is 140 cm³/mol. The summed E-state index contributed by atoms with van der Waals surface area (Å²) in [4.78, 5) is 4.32. The number of aromatic nitrogens is 2. The number of halogens is 2. The van der Waals surface area contributed by atoms with E-state index in [2.05, 4.69) is 33.0 Å². The molecule has 2 heterocycles. The fourth-order valence-electron chi connectivity index (χ4n) is 3.06. The van der Waals surface area contributed by atoms with Crippen molar-refractivity contribution < 1.29 is 9.50 Å². The Labute approximate surface area is 199 Å². The normalized spacial score (nSPS) is 12.5. The van der Waals surface area contributed by atoms with Crippen LogP contribution in [0.15, 0.2) is 54.6 Å². The Morgan fingerprint density at radius 2 is 1.74 bits per heavy atom. The zero-order valence-corrected chi connectivity index (χ0v) is 21.7. The molecule has 0 radical (unpaired) electrons. The third-order valence-electron chi connectivity index (χ3n) is 4.64. The van der Waals surface area contributed by atoms with Crippen molar-refractivity contribution >= 4 is 45.7 Å². The molecule has 1 aliphatic heterocycles. The first kappa shape index (κ1) is 25.4. The molecule has 0 bridgehead atoms. The molecule has 5 nitrogen and oxygen atoms in total. The largest absolute Gasteiger partial charge is 0.505 e. The average molecular weight is 556 g/mol. The molecule has 1 aliphatic rings. The maximum atomic E-state index is 13.6. The molecule has 1 unspecified atom stereocenters. The summed E-state index contributed by atoms with van der Waals surface area (Å²) in [6.07, 6.45) is 1.69. The Bertz CT molecular complexity index is 935. The van der Waals surface area contributed by atoms with E-state index in [0.29, 0.717) is 18.6 Å². The molecule has 0 saturated carbocycles. The van der Waals surface area contributed by atoms with Crippen molar-refractivity contribution in [3.8, 4) is 5.75 Å². The highest BCUT2D eigenvalue weighted by Gasteiger charge is 2.23. The summed E-state index contributed by atoms with van der Waals surface area (Å²) in [5.74, 6) is 0.909. The van der Waals surface area contributed by atoms with E-state index in [1.807, 2.05) is 67.4 Å². The van der Waals surface area contributed by atoms with Gasteiger partial charge in [-0.1, -0.05) is 58.0 Å². The summed E-state index contributed by atoms with van der Waals surface area (Å²) < 4.78 is 15.6. The number of nitrogens with zero attached hydrogens (tertiary/aromatic N) is 4. The molecule has 0 spiro atoms. The second-order valence-electron chi connectivity index (χ2n) is 6.41. The first-order chi connectivity index (χ1) is 15.2. The van der Waals surface area contributed by atoms with Crippen LogP contribution in [0.4, 0.5) is 21.7 Å². The van der Waals surface area contributed by atoms with Gasteiger partial charge in [0.25, 0.3) is 0 Å². The number of phenols is 1. The van der Waals surface area contributed by atoms with Crippen LogP contribution in [0.1, 0.15) is 39.7 Å². The molecule has 1 atom stereocenters. The van der Waals surface area contributed by atoms with Crippen LogP contribution in [0, 0.1) is 5.82 Å². The Balaban J connectivity index is 0.000000807. The van der Waals surface area contributed by atoms with Gasteiger partial charge >= 0.3 is 0 Å². The quantitative estimate of drug-likeness (QED) is 0.260. The highest BCUT2D eigenvalue weighted by molar-refractivity contribution is 14.2. The second kappa shape index (κ2) is 12.9. The van der Waals surface area contributed by atoms with Crippen molar-refractivity contribution in [2.75, 3.05) is 22.9 Å². The molecule has 1 aromatic heterocycles. The molecule has 0 aliphatic carbocycles. The van der Waals surface area contributed by atoms with E-state index in [-0.39, 0.29) is 5.75 Å². The van der Waals surface area contributed by atoms with Crippen molar-refractivity contribution in [3.05, 3.63) is 66.0 Å². The first-order valence-electron chi connectivity index (χ1n) is 10.7. The number of rotatable bonds is 6. The third-order valence-corrected chi connectivity index (χ3v) is 6.50. The van der Waals surface area contributed by atoms with Crippen LogP contribution in [0.3, 0.4) is 0 Å². The number of benzene rings is 2. The van der Waals surface area contributed by atoms with E-state index < -0.39 is 5.82 Å². The van der Waals surface area contributed by atoms with Gasteiger partial charge in [-0.05, 0) is 46.2 Å². The van der Waals surface area contributed by atoms with Gasteiger partial charge in [-0.25, -0.2) is 8.84 Å². The minimum atomic E-state index is -0.626. The number of hydrogen-bond donors (Lipinski definition) is 1. The number of anilines is 3. The van der Waals surface area contributed by atoms with E-state index in [4.69, 9.17) is 5.10 Å². The van der Waals surface area contributed by atoms with Gasteiger partial charge in [-0.2, -0.15) is 0 Å². The molecule has 8 heteroatoms. The minimum Gasteiger partial charge on any atom is -0.505 e. The Kier molecular flexibility index (Phi) is 10.5. The Hall–Kier alpha value is -1.86. The van der Waals surface area contributed by atoms with Gasteiger partial charge in [0.15, 0.2) is 17.4 Å². The van der Waals surface area contributed by atoms with E-state index >= 15 is 0 Å². The van der Waals surface area contributed by atoms with Gasteiger partial charge in [-0.15, -0.1) is 5.10 Å².